The number of hydrogen-bond donors (Lipinski definition) is 0. The summed E-state index contributed by atoms with van der Waals surface area (Å²) in [6.45, 7) is 3.81. The van der Waals surface area contributed by atoms with Crippen molar-refractivity contribution in [2.45, 2.75) is 18.7 Å². The molecular formula is C10H12ClN. The first-order valence-corrected chi connectivity index (χ1v) is 4.25. The highest BCUT2D eigenvalue weighted by Crippen LogP contribution is 2.14. The lowest BCUT2D eigenvalue weighted by Crippen LogP contribution is -2.10. The number of alkyl halides is 1. The topological polar surface area (TPSA) is 12.4 Å². The van der Waals surface area contributed by atoms with Gasteiger partial charge in [-0.15, -0.1) is 11.6 Å². The molecule has 0 radical (unpaired) electrons. The van der Waals surface area contributed by atoms with E-state index >= 15 is 0 Å². The highest BCUT2D eigenvalue weighted by molar-refractivity contribution is 6.31. The molecule has 0 aliphatic heterocycles. The van der Waals surface area contributed by atoms with Gasteiger partial charge in [-0.2, -0.15) is 0 Å². The smallest absolute Gasteiger partial charge is 0.0741 e. The first kappa shape index (κ1) is 9.27. The van der Waals surface area contributed by atoms with Crippen LogP contribution in [0.5, 0.6) is 0 Å². The van der Waals surface area contributed by atoms with E-state index in [4.69, 9.17) is 11.6 Å². The van der Waals surface area contributed by atoms with Crippen molar-refractivity contribution in [3.05, 3.63) is 30.3 Å². The second kappa shape index (κ2) is 3.72. The van der Waals surface area contributed by atoms with Gasteiger partial charge in [-0.3, -0.25) is 4.99 Å². The number of halogens is 1. The van der Waals surface area contributed by atoms with Crippen LogP contribution in [0.3, 0.4) is 0 Å². The molecular weight excluding hydrogens is 170 g/mol. The van der Waals surface area contributed by atoms with Crippen molar-refractivity contribution >= 4 is 23.5 Å². The Morgan fingerprint density at radius 3 is 2.33 bits per heavy atom. The van der Waals surface area contributed by atoms with Crippen LogP contribution in [0.25, 0.3) is 0 Å². The molecule has 1 aromatic rings. The number of para-hydroxylation sites is 1. The summed E-state index contributed by atoms with van der Waals surface area (Å²) in [7, 11) is 0. The second-order valence-corrected chi connectivity index (χ2v) is 4.13. The van der Waals surface area contributed by atoms with Crippen molar-refractivity contribution in [1.82, 2.24) is 0 Å². The molecule has 0 aromatic heterocycles. The second-order valence-electron chi connectivity index (χ2n) is 3.16. The largest absolute Gasteiger partial charge is 0.259 e. The summed E-state index contributed by atoms with van der Waals surface area (Å²) in [4.78, 5) is 3.86. The molecule has 0 aliphatic rings. The lowest BCUT2D eigenvalue weighted by atomic mass is 10.2. The molecule has 0 saturated carbocycles. The number of hydrogen-bond acceptors (Lipinski definition) is 1. The maximum atomic E-state index is 5.93. The van der Waals surface area contributed by atoms with Crippen molar-refractivity contribution in [3.8, 4) is 0 Å². The molecule has 0 unspecified atom stereocenters. The van der Waals surface area contributed by atoms with Gasteiger partial charge in [0.1, 0.15) is 0 Å². The van der Waals surface area contributed by atoms with Crippen molar-refractivity contribution < 1.29 is 0 Å². The zero-order chi connectivity index (χ0) is 9.03. The predicted octanol–water partition coefficient (Wildman–Crippen LogP) is 3.41. The van der Waals surface area contributed by atoms with E-state index in [1.807, 2.05) is 44.2 Å². The molecule has 0 spiro atoms. The van der Waals surface area contributed by atoms with Crippen LogP contribution in [-0.2, 0) is 0 Å². The lowest BCUT2D eigenvalue weighted by molar-refractivity contribution is 0.956. The van der Waals surface area contributed by atoms with Crippen LogP contribution in [0.1, 0.15) is 13.8 Å². The number of benzene rings is 1. The fourth-order valence-corrected chi connectivity index (χ4v) is 0.791. The van der Waals surface area contributed by atoms with E-state index in [0.29, 0.717) is 0 Å². The molecule has 1 rings (SSSR count). The Hall–Kier alpha value is -0.820. The molecule has 64 valence electrons. The number of rotatable bonds is 2. The minimum absolute atomic E-state index is 0.365. The summed E-state index contributed by atoms with van der Waals surface area (Å²) in [6, 6.07) is 9.75. The third-order valence-electron chi connectivity index (χ3n) is 1.28. The predicted molar refractivity (Wildman–Crippen MR) is 54.5 cm³/mol. The Morgan fingerprint density at radius 1 is 1.25 bits per heavy atom. The third-order valence-corrected chi connectivity index (χ3v) is 1.37. The molecule has 2 heteroatoms. The van der Waals surface area contributed by atoms with Crippen molar-refractivity contribution in [2.75, 3.05) is 0 Å². The summed E-state index contributed by atoms with van der Waals surface area (Å²) in [6.07, 6.45) is 1.74. The van der Waals surface area contributed by atoms with Gasteiger partial charge in [-0.05, 0) is 26.0 Å². The number of nitrogens with zero attached hydrogens (tertiary/aromatic N) is 1. The molecule has 1 aromatic carbocycles. The van der Waals surface area contributed by atoms with Crippen LogP contribution in [0.4, 0.5) is 5.69 Å². The van der Waals surface area contributed by atoms with Gasteiger partial charge in [-0.25, -0.2) is 0 Å². The molecule has 1 nitrogen and oxygen atoms in total. The molecule has 12 heavy (non-hydrogen) atoms. The van der Waals surface area contributed by atoms with Gasteiger partial charge >= 0.3 is 0 Å². The Labute approximate surface area is 78.1 Å². The highest BCUT2D eigenvalue weighted by atomic mass is 35.5. The molecule has 0 heterocycles. The van der Waals surface area contributed by atoms with E-state index in [1.165, 1.54) is 0 Å². The zero-order valence-corrected chi connectivity index (χ0v) is 8.05. The van der Waals surface area contributed by atoms with Crippen LogP contribution >= 0.6 is 11.6 Å². The third kappa shape index (κ3) is 3.54. The lowest BCUT2D eigenvalue weighted by Gasteiger charge is -2.06. The summed E-state index contributed by atoms with van der Waals surface area (Å²) in [5.41, 5.74) is 0.936. The fourth-order valence-electron chi connectivity index (χ4n) is 0.742. The van der Waals surface area contributed by atoms with Crippen LogP contribution in [-0.4, -0.2) is 11.1 Å². The van der Waals surface area contributed by atoms with Crippen LogP contribution in [0.2, 0.25) is 0 Å². The molecule has 0 saturated heterocycles. The van der Waals surface area contributed by atoms with Gasteiger partial charge in [0.05, 0.1) is 10.6 Å². The van der Waals surface area contributed by atoms with Crippen molar-refractivity contribution in [1.29, 1.82) is 0 Å². The van der Waals surface area contributed by atoms with Gasteiger partial charge in [0, 0.05) is 6.21 Å². The summed E-state index contributed by atoms with van der Waals surface area (Å²) < 4.78 is 0. The average molecular weight is 182 g/mol. The van der Waals surface area contributed by atoms with E-state index in [2.05, 4.69) is 4.99 Å². The maximum Gasteiger partial charge on any atom is 0.0741 e. The first-order chi connectivity index (χ1) is 5.58. The van der Waals surface area contributed by atoms with Gasteiger partial charge in [0.15, 0.2) is 0 Å². The SMILES string of the molecule is CC(C)(Cl)C=Nc1ccccc1. The minimum atomic E-state index is -0.365. The van der Waals surface area contributed by atoms with E-state index in [9.17, 15) is 0 Å². The van der Waals surface area contributed by atoms with E-state index < -0.39 is 0 Å². The van der Waals surface area contributed by atoms with Crippen molar-refractivity contribution in [2.24, 2.45) is 4.99 Å². The summed E-state index contributed by atoms with van der Waals surface area (Å²) in [5.74, 6) is 0. The zero-order valence-electron chi connectivity index (χ0n) is 7.29. The molecule has 0 aliphatic carbocycles. The Balaban J connectivity index is 2.71. The van der Waals surface area contributed by atoms with Gasteiger partial charge in [0.25, 0.3) is 0 Å². The standard InChI is InChI=1S/C10H12ClN/c1-10(2,11)8-12-9-6-4-3-5-7-9/h3-8H,1-2H3. The Morgan fingerprint density at radius 2 is 1.83 bits per heavy atom. The highest BCUT2D eigenvalue weighted by Gasteiger charge is 2.07. The van der Waals surface area contributed by atoms with E-state index in [-0.39, 0.29) is 4.87 Å². The number of aliphatic imine (C=N–C) groups is 1. The normalized spacial score (nSPS) is 12.2. The Bertz CT molecular complexity index is 259. The van der Waals surface area contributed by atoms with E-state index in [0.717, 1.165) is 5.69 Å². The summed E-state index contributed by atoms with van der Waals surface area (Å²) >= 11 is 5.93. The summed E-state index contributed by atoms with van der Waals surface area (Å²) in [5, 5.41) is 0. The van der Waals surface area contributed by atoms with Crippen LogP contribution in [0, 0.1) is 0 Å². The Kier molecular flexibility index (Phi) is 2.88. The molecule has 0 bridgehead atoms. The molecule has 0 fully saturated rings. The quantitative estimate of drug-likeness (QED) is 0.490. The fraction of sp³-hybridized carbons (Fsp3) is 0.300. The monoisotopic (exact) mass is 181 g/mol. The van der Waals surface area contributed by atoms with Crippen LogP contribution in [0.15, 0.2) is 35.3 Å². The average Bonchev–Trinajstić information content (AvgIpc) is 2.02. The molecule has 0 N–H and O–H groups in total. The van der Waals surface area contributed by atoms with Crippen molar-refractivity contribution in [3.63, 3.8) is 0 Å². The minimum Gasteiger partial charge on any atom is -0.259 e. The molecule has 0 atom stereocenters. The van der Waals surface area contributed by atoms with Crippen LogP contribution < -0.4 is 0 Å². The first-order valence-electron chi connectivity index (χ1n) is 3.87. The maximum absolute atomic E-state index is 5.93. The van der Waals surface area contributed by atoms with Gasteiger partial charge < -0.3 is 0 Å². The molecule has 0 amide bonds. The van der Waals surface area contributed by atoms with E-state index in [1.54, 1.807) is 6.21 Å². The van der Waals surface area contributed by atoms with Gasteiger partial charge in [-0.1, -0.05) is 18.2 Å². The van der Waals surface area contributed by atoms with Gasteiger partial charge in [0.2, 0.25) is 0 Å².